The second-order valence-electron chi connectivity index (χ2n) is 9.28. The van der Waals surface area contributed by atoms with Crippen molar-refractivity contribution in [2.75, 3.05) is 31.4 Å². The number of methoxy groups -OCH3 is 1. The molecule has 188 valence electrons. The van der Waals surface area contributed by atoms with E-state index in [9.17, 15) is 4.79 Å². The van der Waals surface area contributed by atoms with Gasteiger partial charge in [-0.2, -0.15) is 4.98 Å². The molecule has 5 rings (SSSR count). The predicted molar refractivity (Wildman–Crippen MR) is 144 cm³/mol. The topological polar surface area (TPSA) is 92.5 Å². The number of anilines is 2. The monoisotopic (exact) mass is 505 g/mol. The lowest BCUT2D eigenvalue weighted by molar-refractivity contribution is 0.0607. The number of ether oxygens (including phenoxy) is 1. The minimum atomic E-state index is -0.339. The van der Waals surface area contributed by atoms with Crippen molar-refractivity contribution in [3.63, 3.8) is 0 Å². The molecule has 8 nitrogen and oxygen atoms in total. The molecule has 1 aromatic carbocycles. The summed E-state index contributed by atoms with van der Waals surface area (Å²) in [7, 11) is 5.41. The van der Waals surface area contributed by atoms with E-state index in [1.54, 1.807) is 0 Å². The molecule has 2 N–H and O–H groups in total. The molecule has 0 unspecified atom stereocenters. The van der Waals surface area contributed by atoms with Crippen LogP contribution in [-0.2, 0) is 11.3 Å². The molecule has 0 radical (unpaired) electrons. The summed E-state index contributed by atoms with van der Waals surface area (Å²) in [6.07, 6.45) is 4.23. The van der Waals surface area contributed by atoms with Gasteiger partial charge in [0, 0.05) is 37.1 Å². The van der Waals surface area contributed by atoms with E-state index in [1.807, 2.05) is 60.8 Å². The molecule has 3 aromatic heterocycles. The van der Waals surface area contributed by atoms with E-state index in [0.29, 0.717) is 35.2 Å². The number of benzene rings is 1. The third-order valence-electron chi connectivity index (χ3n) is 6.60. The maximum absolute atomic E-state index is 12.0. The van der Waals surface area contributed by atoms with Crippen LogP contribution in [0.1, 0.15) is 41.1 Å². The van der Waals surface area contributed by atoms with Crippen molar-refractivity contribution < 1.29 is 13.9 Å². The smallest absolute Gasteiger partial charge is 0.348 e. The molecule has 3 heterocycles. The maximum Gasteiger partial charge on any atom is 0.348 e. The van der Waals surface area contributed by atoms with E-state index in [4.69, 9.17) is 19.1 Å². The van der Waals surface area contributed by atoms with Crippen molar-refractivity contribution in [3.05, 3.63) is 58.5 Å². The molecule has 0 amide bonds. The Hall–Kier alpha value is -3.43. The average Bonchev–Trinajstić information content (AvgIpc) is 3.57. The highest BCUT2D eigenvalue weighted by Crippen LogP contribution is 2.31. The van der Waals surface area contributed by atoms with E-state index < -0.39 is 0 Å². The molecule has 9 heteroatoms. The molecule has 1 aliphatic rings. The van der Waals surface area contributed by atoms with Gasteiger partial charge in [-0.1, -0.05) is 12.1 Å². The number of fused-ring (bicyclic) bond motifs is 1. The predicted octanol–water partition coefficient (Wildman–Crippen LogP) is 5.32. The Kier molecular flexibility index (Phi) is 7.20. The van der Waals surface area contributed by atoms with E-state index in [1.165, 1.54) is 18.4 Å². The first-order valence-electron chi connectivity index (χ1n) is 12.2. The summed E-state index contributed by atoms with van der Waals surface area (Å²) in [6, 6.07) is 14.7. The first kappa shape index (κ1) is 24.3. The van der Waals surface area contributed by atoms with Gasteiger partial charge >= 0.3 is 5.97 Å². The molecular formula is C27H31N5O3S. The van der Waals surface area contributed by atoms with Crippen molar-refractivity contribution in [2.24, 2.45) is 0 Å². The van der Waals surface area contributed by atoms with Crippen LogP contribution in [0.5, 0.6) is 0 Å². The normalized spacial score (nSPS) is 17.8. The quantitative estimate of drug-likeness (QED) is 0.311. The number of aromatic nitrogens is 2. The lowest BCUT2D eigenvalue weighted by Gasteiger charge is -2.30. The standard InChI is InChI=1S/C27H31N5O3S/c1-32(2)25-20-6-4-5-7-22(20)30-27(31-25)29-18-10-8-17(9-11-18)28-16-19-12-13-23(35-19)21-14-15-36-24(21)26(33)34-3/h4-7,12-15,17-18,28H,8-11,16H2,1-3H3,(H,29,30,31). The van der Waals surface area contributed by atoms with Crippen LogP contribution in [0.4, 0.5) is 11.8 Å². The number of nitrogens with one attached hydrogen (secondary N) is 2. The SMILES string of the molecule is COC(=O)c1sccc1-c1ccc(CNC2CCC(Nc3nc(N(C)C)c4ccccc4n3)CC2)o1. The van der Waals surface area contributed by atoms with Crippen molar-refractivity contribution >= 4 is 40.0 Å². The van der Waals surface area contributed by atoms with E-state index >= 15 is 0 Å². The number of hydrogen-bond donors (Lipinski definition) is 2. The Morgan fingerprint density at radius 3 is 2.64 bits per heavy atom. The summed E-state index contributed by atoms with van der Waals surface area (Å²) in [6.45, 7) is 0.653. The molecule has 0 bridgehead atoms. The first-order chi connectivity index (χ1) is 17.5. The highest BCUT2D eigenvalue weighted by Gasteiger charge is 2.23. The van der Waals surface area contributed by atoms with Crippen molar-refractivity contribution in [3.8, 4) is 11.3 Å². The van der Waals surface area contributed by atoms with Crippen LogP contribution < -0.4 is 15.5 Å². The van der Waals surface area contributed by atoms with Crippen molar-refractivity contribution in [1.82, 2.24) is 15.3 Å². The summed E-state index contributed by atoms with van der Waals surface area (Å²) in [5.41, 5.74) is 1.73. The van der Waals surface area contributed by atoms with E-state index in [-0.39, 0.29) is 5.97 Å². The van der Waals surface area contributed by atoms with Gasteiger partial charge in [-0.25, -0.2) is 9.78 Å². The summed E-state index contributed by atoms with van der Waals surface area (Å²) < 4.78 is 10.9. The molecule has 1 fully saturated rings. The number of carbonyl (C=O) groups excluding carboxylic acids is 1. The van der Waals surface area contributed by atoms with Crippen LogP contribution in [0.3, 0.4) is 0 Å². The minimum Gasteiger partial charge on any atom is -0.465 e. The Balaban J connectivity index is 1.15. The number of furan rings is 1. The van der Waals surface area contributed by atoms with Crippen LogP contribution >= 0.6 is 11.3 Å². The van der Waals surface area contributed by atoms with Gasteiger partial charge in [-0.05, 0) is 61.4 Å². The van der Waals surface area contributed by atoms with Crippen LogP contribution in [0.2, 0.25) is 0 Å². The molecule has 36 heavy (non-hydrogen) atoms. The molecule has 1 aliphatic carbocycles. The third-order valence-corrected chi connectivity index (χ3v) is 7.49. The zero-order valence-corrected chi connectivity index (χ0v) is 21.6. The fourth-order valence-corrected chi connectivity index (χ4v) is 5.52. The van der Waals surface area contributed by atoms with E-state index in [0.717, 1.165) is 53.7 Å². The lowest BCUT2D eigenvalue weighted by Crippen LogP contribution is -2.36. The van der Waals surface area contributed by atoms with Crippen LogP contribution in [-0.4, -0.2) is 49.2 Å². The van der Waals surface area contributed by atoms with E-state index in [2.05, 4.69) is 16.7 Å². The lowest BCUT2D eigenvalue weighted by atomic mass is 9.91. The fourth-order valence-electron chi connectivity index (χ4n) is 4.71. The second-order valence-corrected chi connectivity index (χ2v) is 10.2. The molecular weight excluding hydrogens is 474 g/mol. The van der Waals surface area contributed by atoms with Gasteiger partial charge in [-0.3, -0.25) is 0 Å². The summed E-state index contributed by atoms with van der Waals surface area (Å²) >= 11 is 1.36. The van der Waals surface area contributed by atoms with Crippen LogP contribution in [0.25, 0.3) is 22.2 Å². The minimum absolute atomic E-state index is 0.339. The van der Waals surface area contributed by atoms with Gasteiger partial charge in [0.1, 0.15) is 22.2 Å². The number of hydrogen-bond acceptors (Lipinski definition) is 9. The highest BCUT2D eigenvalue weighted by molar-refractivity contribution is 7.12. The number of esters is 1. The zero-order chi connectivity index (χ0) is 25.1. The van der Waals surface area contributed by atoms with Gasteiger partial charge in [0.05, 0.1) is 19.2 Å². The Labute approximate surface area is 214 Å². The summed E-state index contributed by atoms with van der Waals surface area (Å²) in [5.74, 6) is 2.82. The van der Waals surface area contributed by atoms with Gasteiger partial charge in [0.2, 0.25) is 5.95 Å². The van der Waals surface area contributed by atoms with Crippen LogP contribution in [0.15, 0.2) is 52.3 Å². The largest absolute Gasteiger partial charge is 0.465 e. The Bertz CT molecular complexity index is 1340. The molecule has 4 aromatic rings. The van der Waals surface area contributed by atoms with Gasteiger partial charge in [0.15, 0.2) is 0 Å². The molecule has 0 atom stereocenters. The number of rotatable bonds is 8. The Morgan fingerprint density at radius 1 is 1.08 bits per heavy atom. The molecule has 1 saturated carbocycles. The first-order valence-corrected chi connectivity index (χ1v) is 13.1. The summed E-state index contributed by atoms with van der Waals surface area (Å²) in [4.78, 5) is 24.1. The second kappa shape index (κ2) is 10.7. The number of nitrogens with zero attached hydrogens (tertiary/aromatic N) is 3. The number of thiophene rings is 1. The fraction of sp³-hybridized carbons (Fsp3) is 0.370. The summed E-state index contributed by atoms with van der Waals surface area (Å²) in [5, 5.41) is 10.1. The average molecular weight is 506 g/mol. The van der Waals surface area contributed by atoms with Gasteiger partial charge in [0.25, 0.3) is 0 Å². The zero-order valence-electron chi connectivity index (χ0n) is 20.8. The Morgan fingerprint density at radius 2 is 1.86 bits per heavy atom. The highest BCUT2D eigenvalue weighted by atomic mass is 32.1. The molecule has 0 aliphatic heterocycles. The molecule has 0 saturated heterocycles. The molecule has 0 spiro atoms. The van der Waals surface area contributed by atoms with Crippen LogP contribution in [0, 0.1) is 0 Å². The number of carbonyl (C=O) groups is 1. The van der Waals surface area contributed by atoms with Gasteiger partial charge in [-0.15, -0.1) is 11.3 Å². The third kappa shape index (κ3) is 5.22. The number of para-hydroxylation sites is 1. The van der Waals surface area contributed by atoms with Crippen molar-refractivity contribution in [1.29, 1.82) is 0 Å². The van der Waals surface area contributed by atoms with Gasteiger partial charge < -0.3 is 24.7 Å². The van der Waals surface area contributed by atoms with Crippen molar-refractivity contribution in [2.45, 2.75) is 44.3 Å². The maximum atomic E-state index is 12.0.